The Labute approximate surface area is 182 Å². The summed E-state index contributed by atoms with van der Waals surface area (Å²) in [5, 5.41) is 0.878. The number of nitrogens with zero attached hydrogens (tertiary/aromatic N) is 3. The van der Waals surface area contributed by atoms with Crippen molar-refractivity contribution in [3.63, 3.8) is 0 Å². The van der Waals surface area contributed by atoms with Gasteiger partial charge in [-0.05, 0) is 43.5 Å². The van der Waals surface area contributed by atoms with Crippen molar-refractivity contribution in [2.75, 3.05) is 26.2 Å². The quantitative estimate of drug-likeness (QED) is 0.599. The van der Waals surface area contributed by atoms with Crippen LogP contribution in [0.4, 0.5) is 0 Å². The van der Waals surface area contributed by atoms with Crippen LogP contribution in [0, 0.1) is 0 Å². The number of sulfonamides is 1. The van der Waals surface area contributed by atoms with E-state index in [0.717, 1.165) is 42.9 Å². The standard InChI is InChI=1S/C23H27N3O2S2/c27-30(28,20-12-13-25(17-20)16-18-6-2-1-3-7-18)26-14-10-19(11-15-26)23-24-21-8-4-5-9-22(21)29-23/h1-9,19-20H,10-17H2. The number of piperidine rings is 1. The molecule has 0 aliphatic carbocycles. The van der Waals surface area contributed by atoms with Crippen molar-refractivity contribution < 1.29 is 8.42 Å². The second kappa shape index (κ2) is 8.38. The van der Waals surface area contributed by atoms with Crippen LogP contribution in [0.5, 0.6) is 0 Å². The minimum absolute atomic E-state index is 0.278. The maximum Gasteiger partial charge on any atom is 0.218 e. The van der Waals surface area contributed by atoms with E-state index >= 15 is 0 Å². The molecule has 0 spiro atoms. The molecule has 1 unspecified atom stereocenters. The van der Waals surface area contributed by atoms with Crippen LogP contribution < -0.4 is 0 Å². The van der Waals surface area contributed by atoms with E-state index in [4.69, 9.17) is 4.98 Å². The molecule has 30 heavy (non-hydrogen) atoms. The highest BCUT2D eigenvalue weighted by atomic mass is 32.2. The van der Waals surface area contributed by atoms with Crippen molar-refractivity contribution in [3.05, 3.63) is 65.2 Å². The number of fused-ring (bicyclic) bond motifs is 1. The summed E-state index contributed by atoms with van der Waals surface area (Å²) in [4.78, 5) is 7.06. The molecule has 2 saturated heterocycles. The fourth-order valence-electron chi connectivity index (χ4n) is 4.66. The molecule has 5 nitrogen and oxygen atoms in total. The predicted molar refractivity (Wildman–Crippen MR) is 122 cm³/mol. The first-order chi connectivity index (χ1) is 14.6. The molecule has 158 valence electrons. The molecule has 7 heteroatoms. The lowest BCUT2D eigenvalue weighted by Gasteiger charge is -2.32. The minimum atomic E-state index is -3.24. The molecule has 1 aromatic heterocycles. The summed E-state index contributed by atoms with van der Waals surface area (Å²) in [5.74, 6) is 0.368. The topological polar surface area (TPSA) is 53.5 Å². The number of aromatic nitrogens is 1. The van der Waals surface area contributed by atoms with Gasteiger partial charge in [0.15, 0.2) is 0 Å². The zero-order valence-corrected chi connectivity index (χ0v) is 18.6. The largest absolute Gasteiger partial charge is 0.298 e. The summed E-state index contributed by atoms with van der Waals surface area (Å²) >= 11 is 1.75. The van der Waals surface area contributed by atoms with Crippen LogP contribution in [-0.2, 0) is 16.6 Å². The van der Waals surface area contributed by atoms with Gasteiger partial charge in [-0.15, -0.1) is 11.3 Å². The summed E-state index contributed by atoms with van der Waals surface area (Å²) in [5.41, 5.74) is 2.30. The Morgan fingerprint density at radius 3 is 2.43 bits per heavy atom. The smallest absolute Gasteiger partial charge is 0.218 e. The molecule has 2 aromatic carbocycles. The second-order valence-corrected chi connectivity index (χ2v) is 11.6. The first-order valence-electron chi connectivity index (χ1n) is 10.7. The van der Waals surface area contributed by atoms with Crippen molar-refractivity contribution in [1.82, 2.24) is 14.2 Å². The molecule has 2 aliphatic rings. The van der Waals surface area contributed by atoms with Crippen molar-refractivity contribution in [1.29, 1.82) is 0 Å². The monoisotopic (exact) mass is 441 g/mol. The van der Waals surface area contributed by atoms with Crippen molar-refractivity contribution >= 4 is 31.6 Å². The second-order valence-electron chi connectivity index (χ2n) is 8.37. The van der Waals surface area contributed by atoms with Gasteiger partial charge in [-0.1, -0.05) is 42.5 Å². The number of para-hydroxylation sites is 1. The van der Waals surface area contributed by atoms with Crippen LogP contribution in [-0.4, -0.2) is 54.0 Å². The molecule has 3 aromatic rings. The van der Waals surface area contributed by atoms with E-state index in [2.05, 4.69) is 29.2 Å². The Hall–Kier alpha value is -1.80. The number of likely N-dealkylation sites (tertiary alicyclic amines) is 1. The summed E-state index contributed by atoms with van der Waals surface area (Å²) in [6.07, 6.45) is 2.45. The molecule has 0 amide bonds. The number of hydrogen-bond donors (Lipinski definition) is 0. The molecular weight excluding hydrogens is 414 g/mol. The number of benzene rings is 2. The number of thiazole rings is 1. The molecule has 1 atom stereocenters. The first-order valence-corrected chi connectivity index (χ1v) is 13.0. The van der Waals surface area contributed by atoms with Gasteiger partial charge in [0.2, 0.25) is 10.0 Å². The van der Waals surface area contributed by atoms with Gasteiger partial charge in [-0.3, -0.25) is 4.90 Å². The van der Waals surface area contributed by atoms with E-state index in [9.17, 15) is 8.42 Å². The Bertz CT molecular complexity index is 1070. The Balaban J connectivity index is 1.20. The molecule has 0 N–H and O–H groups in total. The van der Waals surface area contributed by atoms with Gasteiger partial charge in [0.25, 0.3) is 0 Å². The van der Waals surface area contributed by atoms with Gasteiger partial charge in [0, 0.05) is 32.1 Å². The third-order valence-corrected chi connectivity index (χ3v) is 9.88. The third-order valence-electron chi connectivity index (χ3n) is 6.37. The maximum absolute atomic E-state index is 13.3. The van der Waals surface area contributed by atoms with Gasteiger partial charge in [-0.25, -0.2) is 17.7 Å². The normalized spacial score (nSPS) is 22.1. The molecule has 0 bridgehead atoms. The number of rotatable bonds is 5. The Kier molecular flexibility index (Phi) is 5.62. The Morgan fingerprint density at radius 1 is 0.933 bits per heavy atom. The molecule has 2 aliphatic heterocycles. The fraction of sp³-hybridized carbons (Fsp3) is 0.435. The number of hydrogen-bond acceptors (Lipinski definition) is 5. The molecule has 3 heterocycles. The van der Waals surface area contributed by atoms with Gasteiger partial charge in [0.1, 0.15) is 0 Å². The minimum Gasteiger partial charge on any atom is -0.298 e. The average molecular weight is 442 g/mol. The van der Waals surface area contributed by atoms with Crippen LogP contribution in [0.25, 0.3) is 10.2 Å². The molecular formula is C23H27N3O2S2. The molecule has 2 fully saturated rings. The highest BCUT2D eigenvalue weighted by Gasteiger charge is 2.39. The highest BCUT2D eigenvalue weighted by Crippen LogP contribution is 2.35. The summed E-state index contributed by atoms with van der Waals surface area (Å²) < 4.78 is 29.5. The lowest BCUT2D eigenvalue weighted by molar-refractivity contribution is 0.310. The fourth-order valence-corrected chi connectivity index (χ4v) is 7.74. The maximum atomic E-state index is 13.3. The van der Waals surface area contributed by atoms with E-state index in [0.29, 0.717) is 25.6 Å². The molecule has 5 rings (SSSR count). The summed E-state index contributed by atoms with van der Waals surface area (Å²) in [6, 6.07) is 18.5. The lowest BCUT2D eigenvalue weighted by Crippen LogP contribution is -2.44. The zero-order chi connectivity index (χ0) is 20.6. The highest BCUT2D eigenvalue weighted by molar-refractivity contribution is 7.89. The van der Waals surface area contributed by atoms with Crippen LogP contribution in [0.15, 0.2) is 54.6 Å². The van der Waals surface area contributed by atoms with Crippen molar-refractivity contribution in [2.45, 2.75) is 37.0 Å². The Morgan fingerprint density at radius 2 is 1.67 bits per heavy atom. The van der Waals surface area contributed by atoms with Crippen LogP contribution >= 0.6 is 11.3 Å². The summed E-state index contributed by atoms with van der Waals surface area (Å²) in [6.45, 7) is 3.53. The lowest BCUT2D eigenvalue weighted by atomic mass is 9.99. The van der Waals surface area contributed by atoms with E-state index in [1.165, 1.54) is 10.3 Å². The van der Waals surface area contributed by atoms with Crippen LogP contribution in [0.3, 0.4) is 0 Å². The van der Waals surface area contributed by atoms with E-state index < -0.39 is 10.0 Å². The SMILES string of the molecule is O=S(=O)(C1CCN(Cc2ccccc2)C1)N1CCC(c2nc3ccccc3s2)CC1. The third kappa shape index (κ3) is 4.04. The van der Waals surface area contributed by atoms with E-state index in [-0.39, 0.29) is 5.25 Å². The van der Waals surface area contributed by atoms with Gasteiger partial charge >= 0.3 is 0 Å². The zero-order valence-electron chi connectivity index (χ0n) is 17.0. The van der Waals surface area contributed by atoms with E-state index in [1.807, 2.05) is 30.3 Å². The van der Waals surface area contributed by atoms with Crippen LogP contribution in [0.2, 0.25) is 0 Å². The van der Waals surface area contributed by atoms with Gasteiger partial charge < -0.3 is 0 Å². The van der Waals surface area contributed by atoms with E-state index in [1.54, 1.807) is 15.6 Å². The molecule has 0 radical (unpaired) electrons. The summed E-state index contributed by atoms with van der Waals surface area (Å²) in [7, 11) is -3.24. The van der Waals surface area contributed by atoms with Crippen molar-refractivity contribution in [2.24, 2.45) is 0 Å². The predicted octanol–water partition coefficient (Wildman–Crippen LogP) is 4.08. The average Bonchev–Trinajstić information content (AvgIpc) is 3.42. The first kappa shape index (κ1) is 20.1. The van der Waals surface area contributed by atoms with Gasteiger partial charge in [-0.2, -0.15) is 0 Å². The van der Waals surface area contributed by atoms with Gasteiger partial charge in [0.05, 0.1) is 20.5 Å². The van der Waals surface area contributed by atoms with Crippen LogP contribution in [0.1, 0.15) is 35.8 Å². The molecule has 0 saturated carbocycles. The van der Waals surface area contributed by atoms with Crippen molar-refractivity contribution in [3.8, 4) is 0 Å².